The molecule has 0 spiro atoms. The van der Waals surface area contributed by atoms with Gasteiger partial charge in [0.15, 0.2) is 0 Å². The zero-order valence-corrected chi connectivity index (χ0v) is 18.7. The molecule has 2 aliphatic rings. The van der Waals surface area contributed by atoms with Crippen LogP contribution in [0.3, 0.4) is 0 Å². The first-order valence-corrected chi connectivity index (χ1v) is 11.6. The number of thiophene rings is 1. The molecule has 1 atom stereocenters. The molecule has 7 heteroatoms. The number of fused-ring (bicyclic) bond motifs is 4. The first kappa shape index (κ1) is 20.4. The number of aliphatic imine (C=N–C) groups is 1. The zero-order chi connectivity index (χ0) is 21.4. The molecule has 5 rings (SSSR count). The Morgan fingerprint density at radius 2 is 2.13 bits per heavy atom. The number of anilines is 2. The first-order chi connectivity index (χ1) is 15.2. The molecule has 3 aromatic rings. The molecule has 1 N–H and O–H groups in total. The van der Waals surface area contributed by atoms with E-state index in [1.807, 2.05) is 7.05 Å². The number of hydrogen-bond donors (Lipinski definition) is 1. The standard InChI is InChI=1S/C24H27FN4OS/c1-28-20-14-16(25)9-10-19(20)27-23(22-18-7-3-4-8-21(18)31-24(22)28)29-12-11-26-17(15-29)6-5-13-30-2/h3-4,7-10,14,17,26H,5-6,11-13,15H2,1-2H3/t17-/m0/s1. The van der Waals surface area contributed by atoms with Crippen LogP contribution in [0.1, 0.15) is 18.4 Å². The quantitative estimate of drug-likeness (QED) is 0.588. The van der Waals surface area contributed by atoms with Gasteiger partial charge in [0, 0.05) is 56.5 Å². The predicted octanol–water partition coefficient (Wildman–Crippen LogP) is 4.90. The van der Waals surface area contributed by atoms with E-state index in [0.717, 1.165) is 66.9 Å². The highest BCUT2D eigenvalue weighted by Gasteiger charge is 2.31. The summed E-state index contributed by atoms with van der Waals surface area (Å²) in [5.74, 6) is 0.746. The summed E-state index contributed by atoms with van der Waals surface area (Å²) in [6, 6.07) is 13.7. The average Bonchev–Trinajstić information content (AvgIpc) is 3.12. The van der Waals surface area contributed by atoms with Crippen molar-refractivity contribution in [2.24, 2.45) is 4.99 Å². The van der Waals surface area contributed by atoms with Gasteiger partial charge in [-0.05, 0) is 37.1 Å². The van der Waals surface area contributed by atoms with E-state index in [1.54, 1.807) is 30.6 Å². The van der Waals surface area contributed by atoms with Crippen LogP contribution in [0.4, 0.5) is 20.8 Å². The summed E-state index contributed by atoms with van der Waals surface area (Å²) in [7, 11) is 3.76. The number of piperazine rings is 1. The zero-order valence-electron chi connectivity index (χ0n) is 17.9. The maximum atomic E-state index is 14.1. The van der Waals surface area contributed by atoms with Gasteiger partial charge < -0.3 is 19.9 Å². The molecule has 162 valence electrons. The van der Waals surface area contributed by atoms with Crippen molar-refractivity contribution >= 4 is 43.6 Å². The second kappa shape index (κ2) is 8.57. The fraction of sp³-hybridized carbons (Fsp3) is 0.375. The molecule has 0 amide bonds. The van der Waals surface area contributed by atoms with Crippen molar-refractivity contribution in [2.75, 3.05) is 45.3 Å². The molecule has 1 saturated heterocycles. The molecule has 1 aromatic heterocycles. The van der Waals surface area contributed by atoms with E-state index >= 15 is 0 Å². The van der Waals surface area contributed by atoms with Crippen LogP contribution in [0.15, 0.2) is 47.5 Å². The van der Waals surface area contributed by atoms with E-state index in [-0.39, 0.29) is 5.82 Å². The highest BCUT2D eigenvalue weighted by atomic mass is 32.1. The van der Waals surface area contributed by atoms with Gasteiger partial charge in [-0.2, -0.15) is 0 Å². The number of amidine groups is 1. The van der Waals surface area contributed by atoms with Crippen LogP contribution in [-0.2, 0) is 4.74 Å². The van der Waals surface area contributed by atoms with Crippen molar-refractivity contribution in [1.82, 2.24) is 10.2 Å². The van der Waals surface area contributed by atoms with E-state index < -0.39 is 0 Å². The molecule has 31 heavy (non-hydrogen) atoms. The number of ether oxygens (including phenoxy) is 1. The van der Waals surface area contributed by atoms with Crippen molar-refractivity contribution in [2.45, 2.75) is 18.9 Å². The summed E-state index contributed by atoms with van der Waals surface area (Å²) in [6.45, 7) is 3.48. The van der Waals surface area contributed by atoms with Gasteiger partial charge in [0.05, 0.1) is 16.9 Å². The molecule has 0 radical (unpaired) electrons. The topological polar surface area (TPSA) is 40.1 Å². The van der Waals surface area contributed by atoms with Crippen LogP contribution in [0.5, 0.6) is 0 Å². The third kappa shape index (κ3) is 3.82. The van der Waals surface area contributed by atoms with Crippen molar-refractivity contribution in [3.8, 4) is 0 Å². The first-order valence-electron chi connectivity index (χ1n) is 10.8. The number of nitrogens with zero attached hydrogens (tertiary/aromatic N) is 3. The smallest absolute Gasteiger partial charge is 0.140 e. The SMILES string of the molecule is COCCC[C@H]1CN(C2=Nc3ccc(F)cc3N(C)c3sc4ccccc4c32)CCN1. The van der Waals surface area contributed by atoms with Crippen LogP contribution in [0.25, 0.3) is 10.1 Å². The number of hydrogen-bond acceptors (Lipinski definition) is 6. The molecular weight excluding hydrogens is 411 g/mol. The van der Waals surface area contributed by atoms with Crippen LogP contribution >= 0.6 is 11.3 Å². The van der Waals surface area contributed by atoms with Crippen molar-refractivity contribution < 1.29 is 9.13 Å². The molecule has 0 unspecified atom stereocenters. The summed E-state index contributed by atoms with van der Waals surface area (Å²) >= 11 is 1.74. The minimum atomic E-state index is -0.243. The Balaban J connectivity index is 1.61. The van der Waals surface area contributed by atoms with Crippen molar-refractivity contribution in [3.05, 3.63) is 53.8 Å². The highest BCUT2D eigenvalue weighted by molar-refractivity contribution is 7.23. The molecular formula is C24H27FN4OS. The maximum Gasteiger partial charge on any atom is 0.140 e. The molecule has 0 aliphatic carbocycles. The fourth-order valence-electron chi connectivity index (χ4n) is 4.54. The molecule has 0 saturated carbocycles. The Labute approximate surface area is 186 Å². The Morgan fingerprint density at radius 1 is 1.26 bits per heavy atom. The van der Waals surface area contributed by atoms with Gasteiger partial charge in [-0.15, -0.1) is 11.3 Å². The summed E-state index contributed by atoms with van der Waals surface area (Å²) in [4.78, 5) is 9.63. The van der Waals surface area contributed by atoms with Gasteiger partial charge in [0.25, 0.3) is 0 Å². The number of benzene rings is 2. The van der Waals surface area contributed by atoms with Crippen molar-refractivity contribution in [3.63, 3.8) is 0 Å². The third-order valence-corrected chi connectivity index (χ3v) is 7.33. The van der Waals surface area contributed by atoms with E-state index in [2.05, 4.69) is 39.4 Å². The van der Waals surface area contributed by atoms with E-state index in [4.69, 9.17) is 9.73 Å². The van der Waals surface area contributed by atoms with Gasteiger partial charge >= 0.3 is 0 Å². The normalized spacial score (nSPS) is 18.5. The van der Waals surface area contributed by atoms with Crippen LogP contribution in [-0.4, -0.2) is 57.2 Å². The molecule has 2 aliphatic heterocycles. The van der Waals surface area contributed by atoms with Gasteiger partial charge in [-0.3, -0.25) is 0 Å². The highest BCUT2D eigenvalue weighted by Crippen LogP contribution is 2.46. The lowest BCUT2D eigenvalue weighted by molar-refractivity contribution is 0.182. The molecule has 0 bridgehead atoms. The van der Waals surface area contributed by atoms with E-state index in [0.29, 0.717) is 6.04 Å². The fourth-order valence-corrected chi connectivity index (χ4v) is 5.71. The lowest BCUT2D eigenvalue weighted by Gasteiger charge is -2.36. The predicted molar refractivity (Wildman–Crippen MR) is 127 cm³/mol. The van der Waals surface area contributed by atoms with Crippen molar-refractivity contribution in [1.29, 1.82) is 0 Å². The second-order valence-corrected chi connectivity index (χ2v) is 9.17. The monoisotopic (exact) mass is 438 g/mol. The molecule has 1 fully saturated rings. The van der Waals surface area contributed by atoms with Crippen LogP contribution < -0.4 is 10.2 Å². The van der Waals surface area contributed by atoms with Gasteiger partial charge in [0.2, 0.25) is 0 Å². The Hall–Kier alpha value is -2.48. The Bertz CT molecular complexity index is 1130. The van der Waals surface area contributed by atoms with E-state index in [1.165, 1.54) is 16.2 Å². The number of rotatable bonds is 4. The molecule has 3 heterocycles. The molecule has 2 aromatic carbocycles. The van der Waals surface area contributed by atoms with Gasteiger partial charge in [0.1, 0.15) is 16.7 Å². The summed E-state index contributed by atoms with van der Waals surface area (Å²) < 4.78 is 20.6. The van der Waals surface area contributed by atoms with Gasteiger partial charge in [-0.1, -0.05) is 18.2 Å². The number of methoxy groups -OCH3 is 1. The number of halogens is 1. The third-order valence-electron chi connectivity index (χ3n) is 6.09. The minimum Gasteiger partial charge on any atom is -0.385 e. The largest absolute Gasteiger partial charge is 0.385 e. The van der Waals surface area contributed by atoms with Crippen LogP contribution in [0.2, 0.25) is 0 Å². The van der Waals surface area contributed by atoms with Crippen LogP contribution in [0, 0.1) is 5.82 Å². The van der Waals surface area contributed by atoms with E-state index in [9.17, 15) is 4.39 Å². The Kier molecular flexibility index (Phi) is 5.65. The summed E-state index contributed by atoms with van der Waals surface area (Å²) in [5.41, 5.74) is 2.76. The molecule has 5 nitrogen and oxygen atoms in total. The summed E-state index contributed by atoms with van der Waals surface area (Å²) in [6.07, 6.45) is 2.10. The van der Waals surface area contributed by atoms with Gasteiger partial charge in [-0.25, -0.2) is 9.38 Å². The number of nitrogens with one attached hydrogen (secondary N) is 1. The lowest BCUT2D eigenvalue weighted by atomic mass is 10.1. The lowest BCUT2D eigenvalue weighted by Crippen LogP contribution is -2.52. The second-order valence-electron chi connectivity index (χ2n) is 8.14. The minimum absolute atomic E-state index is 0.243. The summed E-state index contributed by atoms with van der Waals surface area (Å²) in [5, 5.41) is 5.96. The Morgan fingerprint density at radius 3 is 3.00 bits per heavy atom. The average molecular weight is 439 g/mol. The maximum absolute atomic E-state index is 14.1.